The molecule has 3 N–H and O–H groups in total. The first-order valence-corrected chi connectivity index (χ1v) is 5.45. The Labute approximate surface area is 101 Å². The van der Waals surface area contributed by atoms with E-state index in [1.807, 2.05) is 27.7 Å². The summed E-state index contributed by atoms with van der Waals surface area (Å²) in [6, 6.07) is 0.415. The van der Waals surface area contributed by atoms with Gasteiger partial charge in [0.1, 0.15) is 0 Å². The van der Waals surface area contributed by atoms with Gasteiger partial charge in [-0.1, -0.05) is 0 Å². The molecule has 0 bridgehead atoms. The number of nitriles is 1. The van der Waals surface area contributed by atoms with E-state index in [1.165, 1.54) is 0 Å². The van der Waals surface area contributed by atoms with Crippen molar-refractivity contribution in [2.75, 3.05) is 16.0 Å². The minimum atomic E-state index is 0.208. The largest absolute Gasteiger partial charge is 0.352 e. The van der Waals surface area contributed by atoms with Crippen LogP contribution < -0.4 is 16.0 Å². The number of hydrogen-bond donors (Lipinski definition) is 3. The van der Waals surface area contributed by atoms with Crippen molar-refractivity contribution >= 4 is 17.8 Å². The summed E-state index contributed by atoms with van der Waals surface area (Å²) < 4.78 is 0. The van der Waals surface area contributed by atoms with E-state index in [1.54, 1.807) is 6.19 Å². The number of nitrogens with one attached hydrogen (secondary N) is 3. The summed E-state index contributed by atoms with van der Waals surface area (Å²) in [5.41, 5.74) is 0. The normalized spacial score (nSPS) is 10.2. The van der Waals surface area contributed by atoms with Crippen molar-refractivity contribution in [2.24, 2.45) is 0 Å². The molecule has 0 radical (unpaired) electrons. The molecule has 0 spiro atoms. The molecular weight excluding hydrogens is 218 g/mol. The van der Waals surface area contributed by atoms with Gasteiger partial charge in [-0.3, -0.25) is 5.32 Å². The lowest BCUT2D eigenvalue weighted by Gasteiger charge is -2.12. The van der Waals surface area contributed by atoms with Crippen LogP contribution in [0.1, 0.15) is 27.7 Å². The van der Waals surface area contributed by atoms with Crippen LogP contribution in [0.2, 0.25) is 0 Å². The number of nitrogens with zero attached hydrogens (tertiary/aromatic N) is 4. The van der Waals surface area contributed by atoms with Gasteiger partial charge in [-0.25, -0.2) is 0 Å². The minimum Gasteiger partial charge on any atom is -0.352 e. The standard InChI is InChI=1S/C10H17N7/c1-6(2)13-9-15-8(12-5-11)16-10(17-9)14-7(3)4/h6-7H,1-4H3,(H3,12,13,14,15,16,17). The average molecular weight is 235 g/mol. The molecule has 1 rings (SSSR count). The maximum atomic E-state index is 8.56. The van der Waals surface area contributed by atoms with Crippen LogP contribution in [-0.4, -0.2) is 27.0 Å². The van der Waals surface area contributed by atoms with Crippen LogP contribution in [0.25, 0.3) is 0 Å². The Kier molecular flexibility index (Phi) is 4.46. The van der Waals surface area contributed by atoms with Crippen molar-refractivity contribution in [1.82, 2.24) is 15.0 Å². The minimum absolute atomic E-state index is 0.208. The molecule has 0 fully saturated rings. The maximum Gasteiger partial charge on any atom is 0.242 e. The monoisotopic (exact) mass is 235 g/mol. The van der Waals surface area contributed by atoms with E-state index < -0.39 is 0 Å². The van der Waals surface area contributed by atoms with Gasteiger partial charge < -0.3 is 10.6 Å². The van der Waals surface area contributed by atoms with Crippen molar-refractivity contribution in [3.8, 4) is 6.19 Å². The van der Waals surface area contributed by atoms with Crippen LogP contribution >= 0.6 is 0 Å². The van der Waals surface area contributed by atoms with E-state index in [0.29, 0.717) is 11.9 Å². The van der Waals surface area contributed by atoms with Crippen molar-refractivity contribution in [2.45, 2.75) is 39.8 Å². The molecule has 92 valence electrons. The van der Waals surface area contributed by atoms with Crippen LogP contribution in [0.4, 0.5) is 17.8 Å². The van der Waals surface area contributed by atoms with E-state index in [2.05, 4.69) is 30.9 Å². The molecule has 0 aliphatic carbocycles. The second-order valence-corrected chi connectivity index (χ2v) is 4.14. The topological polar surface area (TPSA) is 98.5 Å². The first-order chi connectivity index (χ1) is 8.01. The molecule has 1 aromatic rings. The third-order valence-electron chi connectivity index (χ3n) is 1.64. The smallest absolute Gasteiger partial charge is 0.242 e. The predicted molar refractivity (Wildman–Crippen MR) is 66.6 cm³/mol. The average Bonchev–Trinajstić information content (AvgIpc) is 2.14. The Bertz CT molecular complexity index is 379. The molecule has 17 heavy (non-hydrogen) atoms. The highest BCUT2D eigenvalue weighted by atomic mass is 15.3. The van der Waals surface area contributed by atoms with Gasteiger partial charge in [0.2, 0.25) is 17.8 Å². The fraction of sp³-hybridized carbons (Fsp3) is 0.600. The third-order valence-corrected chi connectivity index (χ3v) is 1.64. The summed E-state index contributed by atoms with van der Waals surface area (Å²) in [6.45, 7) is 7.93. The van der Waals surface area contributed by atoms with Gasteiger partial charge in [0.15, 0.2) is 6.19 Å². The lowest BCUT2D eigenvalue weighted by molar-refractivity contribution is 0.847. The Balaban J connectivity index is 2.96. The van der Waals surface area contributed by atoms with E-state index in [0.717, 1.165) is 0 Å². The number of rotatable bonds is 5. The fourth-order valence-electron chi connectivity index (χ4n) is 1.13. The van der Waals surface area contributed by atoms with Gasteiger partial charge >= 0.3 is 0 Å². The van der Waals surface area contributed by atoms with Crippen LogP contribution in [0.5, 0.6) is 0 Å². The molecule has 0 aromatic carbocycles. The van der Waals surface area contributed by atoms with E-state index >= 15 is 0 Å². The van der Waals surface area contributed by atoms with Crippen molar-refractivity contribution in [3.05, 3.63) is 0 Å². The van der Waals surface area contributed by atoms with Crippen LogP contribution in [0.3, 0.4) is 0 Å². The first-order valence-electron chi connectivity index (χ1n) is 5.45. The third kappa shape index (κ3) is 4.51. The summed E-state index contributed by atoms with van der Waals surface area (Å²) in [5, 5.41) is 17.1. The Morgan fingerprint density at radius 2 is 1.29 bits per heavy atom. The molecule has 7 nitrogen and oxygen atoms in total. The van der Waals surface area contributed by atoms with Crippen LogP contribution in [-0.2, 0) is 0 Å². The molecule has 1 heterocycles. The van der Waals surface area contributed by atoms with Crippen LogP contribution in [0, 0.1) is 11.5 Å². The SMILES string of the molecule is CC(C)Nc1nc(NC#N)nc(NC(C)C)n1. The van der Waals surface area contributed by atoms with E-state index in [-0.39, 0.29) is 18.0 Å². The highest BCUT2D eigenvalue weighted by molar-refractivity contribution is 5.44. The van der Waals surface area contributed by atoms with E-state index in [4.69, 9.17) is 5.26 Å². The Morgan fingerprint density at radius 1 is 0.882 bits per heavy atom. The second-order valence-electron chi connectivity index (χ2n) is 4.14. The summed E-state index contributed by atoms with van der Waals surface area (Å²) in [7, 11) is 0. The van der Waals surface area contributed by atoms with Crippen molar-refractivity contribution < 1.29 is 0 Å². The zero-order valence-electron chi connectivity index (χ0n) is 10.4. The fourth-order valence-corrected chi connectivity index (χ4v) is 1.13. The number of anilines is 3. The van der Waals surface area contributed by atoms with Gasteiger partial charge in [-0.15, -0.1) is 0 Å². The van der Waals surface area contributed by atoms with E-state index in [9.17, 15) is 0 Å². The van der Waals surface area contributed by atoms with Gasteiger partial charge in [0.05, 0.1) is 0 Å². The molecule has 0 unspecified atom stereocenters. The number of hydrogen-bond acceptors (Lipinski definition) is 7. The highest BCUT2D eigenvalue weighted by Crippen LogP contribution is 2.10. The summed E-state index contributed by atoms with van der Waals surface area (Å²) >= 11 is 0. The summed E-state index contributed by atoms with van der Waals surface area (Å²) in [4.78, 5) is 12.3. The molecule has 0 saturated carbocycles. The van der Waals surface area contributed by atoms with Gasteiger partial charge in [-0.2, -0.15) is 20.2 Å². The summed E-state index contributed by atoms with van der Waals surface area (Å²) in [6.07, 6.45) is 1.79. The van der Waals surface area contributed by atoms with Gasteiger partial charge in [-0.05, 0) is 27.7 Å². The highest BCUT2D eigenvalue weighted by Gasteiger charge is 2.07. The zero-order chi connectivity index (χ0) is 12.8. The molecule has 0 saturated heterocycles. The molecular formula is C10H17N7. The van der Waals surface area contributed by atoms with Gasteiger partial charge in [0, 0.05) is 12.1 Å². The van der Waals surface area contributed by atoms with Crippen molar-refractivity contribution in [1.29, 1.82) is 5.26 Å². The predicted octanol–water partition coefficient (Wildman–Crippen LogP) is 1.41. The molecule has 1 aromatic heterocycles. The number of aromatic nitrogens is 3. The Morgan fingerprint density at radius 3 is 1.65 bits per heavy atom. The lowest BCUT2D eigenvalue weighted by Crippen LogP contribution is -2.18. The molecule has 0 amide bonds. The lowest BCUT2D eigenvalue weighted by atomic mass is 10.4. The van der Waals surface area contributed by atoms with Gasteiger partial charge in [0.25, 0.3) is 0 Å². The zero-order valence-corrected chi connectivity index (χ0v) is 10.4. The van der Waals surface area contributed by atoms with Crippen LogP contribution in [0.15, 0.2) is 0 Å². The summed E-state index contributed by atoms with van der Waals surface area (Å²) in [5.74, 6) is 1.11. The second kappa shape index (κ2) is 5.84. The maximum absolute atomic E-state index is 8.56. The first kappa shape index (κ1) is 13.0. The molecule has 0 atom stereocenters. The molecule has 7 heteroatoms. The van der Waals surface area contributed by atoms with Crippen molar-refractivity contribution in [3.63, 3.8) is 0 Å². The quantitative estimate of drug-likeness (QED) is 0.524. The molecule has 0 aliphatic rings. The Hall–Kier alpha value is -2.10. The molecule has 0 aliphatic heterocycles.